The van der Waals surface area contributed by atoms with E-state index in [9.17, 15) is 4.79 Å². The van der Waals surface area contributed by atoms with Gasteiger partial charge >= 0.3 is 11.9 Å². The van der Waals surface area contributed by atoms with Crippen LogP contribution in [-0.4, -0.2) is 84.4 Å². The van der Waals surface area contributed by atoms with Crippen LogP contribution in [0.1, 0.15) is 12.5 Å². The third-order valence-corrected chi connectivity index (χ3v) is 4.97. The van der Waals surface area contributed by atoms with Gasteiger partial charge in [0.15, 0.2) is 6.61 Å². The van der Waals surface area contributed by atoms with E-state index in [0.29, 0.717) is 12.4 Å². The van der Waals surface area contributed by atoms with Crippen molar-refractivity contribution < 1.29 is 38.8 Å². The maximum absolute atomic E-state index is 12.4. The first-order chi connectivity index (χ1) is 16.3. The van der Waals surface area contributed by atoms with Gasteiger partial charge in [-0.15, -0.1) is 0 Å². The Morgan fingerprint density at radius 2 is 1.29 bits per heavy atom. The molecule has 0 bridgehead atoms. The van der Waals surface area contributed by atoms with Gasteiger partial charge in [-0.1, -0.05) is 12.1 Å². The first-order valence-electron chi connectivity index (χ1n) is 10.8. The second-order valence-corrected chi connectivity index (χ2v) is 7.31. The molecule has 0 unspecified atom stereocenters. The Hall–Kier alpha value is -3.79. The number of aliphatic carboxylic acids is 2. The number of methoxy groups -OCH3 is 1. The van der Waals surface area contributed by atoms with E-state index < -0.39 is 11.9 Å². The van der Waals surface area contributed by atoms with Crippen molar-refractivity contribution in [3.8, 4) is 17.2 Å². The lowest BCUT2D eigenvalue weighted by molar-refractivity contribution is -0.159. The molecule has 0 atom stereocenters. The van der Waals surface area contributed by atoms with Crippen molar-refractivity contribution >= 4 is 17.8 Å². The molecule has 2 N–H and O–H groups in total. The van der Waals surface area contributed by atoms with Gasteiger partial charge in [-0.3, -0.25) is 9.69 Å². The van der Waals surface area contributed by atoms with Crippen molar-refractivity contribution in [2.75, 3.05) is 46.5 Å². The van der Waals surface area contributed by atoms with Crippen LogP contribution in [0.5, 0.6) is 17.2 Å². The zero-order chi connectivity index (χ0) is 24.9. The van der Waals surface area contributed by atoms with Gasteiger partial charge in [0.1, 0.15) is 17.2 Å². The number of amides is 1. The summed E-state index contributed by atoms with van der Waals surface area (Å²) in [5, 5.41) is 14.8. The van der Waals surface area contributed by atoms with Gasteiger partial charge in [0.2, 0.25) is 0 Å². The lowest BCUT2D eigenvalue weighted by Crippen LogP contribution is -2.49. The van der Waals surface area contributed by atoms with Crippen molar-refractivity contribution in [3.63, 3.8) is 0 Å². The van der Waals surface area contributed by atoms with Crippen molar-refractivity contribution in [1.82, 2.24) is 9.80 Å². The van der Waals surface area contributed by atoms with Crippen LogP contribution in [0, 0.1) is 0 Å². The molecule has 1 aliphatic rings. The van der Waals surface area contributed by atoms with E-state index in [2.05, 4.69) is 17.0 Å². The molecule has 34 heavy (non-hydrogen) atoms. The highest BCUT2D eigenvalue weighted by Gasteiger charge is 2.21. The molecule has 1 amide bonds. The monoisotopic (exact) mass is 474 g/mol. The van der Waals surface area contributed by atoms with E-state index in [1.165, 1.54) is 5.56 Å². The topological polar surface area (TPSA) is 126 Å². The summed E-state index contributed by atoms with van der Waals surface area (Å²) in [6.45, 7) is 6.78. The third-order valence-electron chi connectivity index (χ3n) is 4.97. The number of carboxylic acid groups (broad SMARTS) is 2. The lowest BCUT2D eigenvalue weighted by Gasteiger charge is -2.34. The highest BCUT2D eigenvalue weighted by Crippen LogP contribution is 2.17. The highest BCUT2D eigenvalue weighted by molar-refractivity contribution is 6.27. The number of ether oxygens (including phenoxy) is 3. The second kappa shape index (κ2) is 13.7. The van der Waals surface area contributed by atoms with Gasteiger partial charge in [0, 0.05) is 32.7 Å². The number of hydrogen-bond acceptors (Lipinski definition) is 7. The van der Waals surface area contributed by atoms with E-state index in [1.807, 2.05) is 36.1 Å². The smallest absolute Gasteiger partial charge is 0.414 e. The average Bonchev–Trinajstić information content (AvgIpc) is 2.85. The van der Waals surface area contributed by atoms with Crippen LogP contribution in [0.15, 0.2) is 48.5 Å². The van der Waals surface area contributed by atoms with Crippen molar-refractivity contribution in [2.45, 2.75) is 13.5 Å². The summed E-state index contributed by atoms with van der Waals surface area (Å²) in [6.07, 6.45) is 0. The van der Waals surface area contributed by atoms with Gasteiger partial charge in [0.05, 0.1) is 13.7 Å². The Morgan fingerprint density at radius 3 is 1.79 bits per heavy atom. The summed E-state index contributed by atoms with van der Waals surface area (Å²) < 4.78 is 16.2. The lowest BCUT2D eigenvalue weighted by atomic mass is 10.2. The molecule has 10 heteroatoms. The largest absolute Gasteiger partial charge is 0.497 e. The Balaban J connectivity index is 0.000000604. The Bertz CT molecular complexity index is 911. The summed E-state index contributed by atoms with van der Waals surface area (Å²) in [4.78, 5) is 34.8. The van der Waals surface area contributed by atoms with E-state index in [0.717, 1.165) is 44.2 Å². The van der Waals surface area contributed by atoms with Gasteiger partial charge < -0.3 is 29.3 Å². The number of carbonyl (C=O) groups excluding carboxylic acids is 1. The summed E-state index contributed by atoms with van der Waals surface area (Å²) in [6, 6.07) is 15.5. The molecule has 1 fully saturated rings. The molecular weight excluding hydrogens is 444 g/mol. The summed E-state index contributed by atoms with van der Waals surface area (Å²) >= 11 is 0. The molecule has 2 aromatic carbocycles. The first kappa shape index (κ1) is 26.5. The fourth-order valence-electron chi connectivity index (χ4n) is 3.18. The standard InChI is InChI=1S/C22H28N2O4.C2H2O4/c1-3-27-20-6-4-18(5-7-20)16-23-12-14-24(15-13-23)22(25)17-28-21-10-8-19(26-2)9-11-21;3-1(4)2(5)6/h4-11H,3,12-17H2,1-2H3;(H,3,4)(H,5,6). The molecule has 1 aliphatic heterocycles. The maximum Gasteiger partial charge on any atom is 0.414 e. The molecule has 0 spiro atoms. The molecule has 0 aromatic heterocycles. The van der Waals surface area contributed by atoms with Crippen molar-refractivity contribution in [3.05, 3.63) is 54.1 Å². The molecule has 3 rings (SSSR count). The van der Waals surface area contributed by atoms with Crippen molar-refractivity contribution in [1.29, 1.82) is 0 Å². The zero-order valence-corrected chi connectivity index (χ0v) is 19.3. The number of piperazine rings is 1. The van der Waals surface area contributed by atoms with E-state index >= 15 is 0 Å². The van der Waals surface area contributed by atoms with Gasteiger partial charge in [-0.05, 0) is 48.9 Å². The number of hydrogen-bond donors (Lipinski definition) is 2. The molecule has 10 nitrogen and oxygen atoms in total. The van der Waals surface area contributed by atoms with Crippen LogP contribution in [0.2, 0.25) is 0 Å². The Kier molecular flexibility index (Phi) is 10.7. The minimum atomic E-state index is -1.82. The fourth-order valence-corrected chi connectivity index (χ4v) is 3.18. The normalized spacial score (nSPS) is 13.3. The van der Waals surface area contributed by atoms with E-state index in [4.69, 9.17) is 34.0 Å². The molecule has 0 radical (unpaired) electrons. The van der Waals surface area contributed by atoms with E-state index in [1.54, 1.807) is 19.2 Å². The van der Waals surface area contributed by atoms with Crippen LogP contribution in [0.4, 0.5) is 0 Å². The summed E-state index contributed by atoms with van der Waals surface area (Å²) in [5.41, 5.74) is 1.26. The van der Waals surface area contributed by atoms with Crippen LogP contribution in [0.25, 0.3) is 0 Å². The summed E-state index contributed by atoms with van der Waals surface area (Å²) in [7, 11) is 1.62. The molecule has 184 valence electrons. The Labute approximate surface area is 198 Å². The van der Waals surface area contributed by atoms with Crippen molar-refractivity contribution in [2.24, 2.45) is 0 Å². The number of nitrogens with zero attached hydrogens (tertiary/aromatic N) is 2. The van der Waals surface area contributed by atoms with Gasteiger partial charge in [0.25, 0.3) is 5.91 Å². The molecule has 0 saturated carbocycles. The average molecular weight is 475 g/mol. The predicted octanol–water partition coefficient (Wildman–Crippen LogP) is 1.97. The Morgan fingerprint density at radius 1 is 0.794 bits per heavy atom. The molecule has 1 heterocycles. The maximum atomic E-state index is 12.4. The number of benzene rings is 2. The quantitative estimate of drug-likeness (QED) is 0.552. The molecule has 0 aliphatic carbocycles. The first-order valence-corrected chi connectivity index (χ1v) is 10.8. The minimum Gasteiger partial charge on any atom is -0.497 e. The number of carboxylic acids is 2. The number of rotatable bonds is 8. The van der Waals surface area contributed by atoms with Gasteiger partial charge in [-0.25, -0.2) is 9.59 Å². The predicted molar refractivity (Wildman–Crippen MR) is 123 cm³/mol. The molecular formula is C24H30N2O8. The number of carbonyl (C=O) groups is 3. The molecule has 1 saturated heterocycles. The van der Waals surface area contributed by atoms with Crippen LogP contribution < -0.4 is 14.2 Å². The fraction of sp³-hybridized carbons (Fsp3) is 0.375. The van der Waals surface area contributed by atoms with E-state index in [-0.39, 0.29) is 12.5 Å². The SMILES string of the molecule is CCOc1ccc(CN2CCN(C(=O)COc3ccc(OC)cc3)CC2)cc1.O=C(O)C(=O)O. The molecule has 2 aromatic rings. The second-order valence-electron chi connectivity index (χ2n) is 7.31. The van der Waals surface area contributed by atoms with Crippen LogP contribution in [-0.2, 0) is 20.9 Å². The zero-order valence-electron chi connectivity index (χ0n) is 19.3. The van der Waals surface area contributed by atoms with Gasteiger partial charge in [-0.2, -0.15) is 0 Å². The van der Waals surface area contributed by atoms with Crippen LogP contribution in [0.3, 0.4) is 0 Å². The third kappa shape index (κ3) is 8.99. The van der Waals surface area contributed by atoms with Crippen LogP contribution >= 0.6 is 0 Å². The minimum absolute atomic E-state index is 0.0246. The highest BCUT2D eigenvalue weighted by atomic mass is 16.5. The summed E-state index contributed by atoms with van der Waals surface area (Å²) in [5.74, 6) is -1.29.